The van der Waals surface area contributed by atoms with Crippen molar-refractivity contribution in [1.29, 1.82) is 0 Å². The maximum Gasteiger partial charge on any atom is 0.233 e. The van der Waals surface area contributed by atoms with E-state index in [0.717, 1.165) is 19.3 Å². The number of rotatable bonds is 4. The van der Waals surface area contributed by atoms with Gasteiger partial charge in [0.1, 0.15) is 5.78 Å². The van der Waals surface area contributed by atoms with E-state index in [2.05, 4.69) is 6.92 Å². The van der Waals surface area contributed by atoms with Crippen LogP contribution in [0.1, 0.15) is 39.5 Å². The van der Waals surface area contributed by atoms with Gasteiger partial charge in [-0.2, -0.15) is 0 Å². The molecule has 4 heteroatoms. The lowest BCUT2D eigenvalue weighted by atomic mass is 10.00. The molecule has 0 radical (unpaired) electrons. The van der Waals surface area contributed by atoms with Crippen molar-refractivity contribution in [2.75, 3.05) is 6.54 Å². The molecule has 1 saturated heterocycles. The van der Waals surface area contributed by atoms with Crippen LogP contribution in [0.5, 0.6) is 0 Å². The van der Waals surface area contributed by atoms with E-state index >= 15 is 0 Å². The summed E-state index contributed by atoms with van der Waals surface area (Å²) in [7, 11) is 0. The van der Waals surface area contributed by atoms with Crippen LogP contribution < -0.4 is 0 Å². The normalized spacial score (nSPS) is 32.1. The van der Waals surface area contributed by atoms with Crippen LogP contribution in [0.3, 0.4) is 0 Å². The smallest absolute Gasteiger partial charge is 0.233 e. The Balaban J connectivity index is 2.03. The van der Waals surface area contributed by atoms with E-state index in [1.807, 2.05) is 0 Å². The molecule has 2 amide bonds. The number of nitrogens with zero attached hydrogens (tertiary/aromatic N) is 1. The van der Waals surface area contributed by atoms with Crippen LogP contribution in [0.25, 0.3) is 0 Å². The molecule has 2 rings (SSSR count). The summed E-state index contributed by atoms with van der Waals surface area (Å²) in [6, 6.07) is 0. The molecule has 0 spiro atoms. The third-order valence-corrected chi connectivity index (χ3v) is 4.09. The standard InChI is InChI=1S/C13H19NO3/c1-3-9-6-10-11(7-9)13(17)14(12(10)16)5-4-8(2)15/h9-11H,3-7H2,1-2H3. The minimum Gasteiger partial charge on any atom is -0.300 e. The van der Waals surface area contributed by atoms with Gasteiger partial charge >= 0.3 is 0 Å². The zero-order chi connectivity index (χ0) is 12.6. The Labute approximate surface area is 101 Å². The molecule has 2 fully saturated rings. The fourth-order valence-electron chi connectivity index (χ4n) is 3.02. The van der Waals surface area contributed by atoms with Gasteiger partial charge in [0.15, 0.2) is 0 Å². The van der Waals surface area contributed by atoms with E-state index in [9.17, 15) is 14.4 Å². The monoisotopic (exact) mass is 237 g/mol. The van der Waals surface area contributed by atoms with Gasteiger partial charge in [-0.05, 0) is 25.7 Å². The summed E-state index contributed by atoms with van der Waals surface area (Å²) in [6.45, 7) is 3.87. The molecule has 1 saturated carbocycles. The van der Waals surface area contributed by atoms with Gasteiger partial charge in [0, 0.05) is 13.0 Å². The highest BCUT2D eigenvalue weighted by atomic mass is 16.2. The van der Waals surface area contributed by atoms with Gasteiger partial charge in [0.2, 0.25) is 11.8 Å². The molecule has 94 valence electrons. The third kappa shape index (κ3) is 2.13. The van der Waals surface area contributed by atoms with Crippen molar-refractivity contribution in [2.24, 2.45) is 17.8 Å². The summed E-state index contributed by atoms with van der Waals surface area (Å²) in [6.07, 6.45) is 3.03. The first-order valence-electron chi connectivity index (χ1n) is 6.39. The van der Waals surface area contributed by atoms with Gasteiger partial charge in [0.25, 0.3) is 0 Å². The third-order valence-electron chi connectivity index (χ3n) is 4.09. The van der Waals surface area contributed by atoms with E-state index in [4.69, 9.17) is 0 Å². The molecule has 1 heterocycles. The number of carbonyl (C=O) groups is 3. The highest BCUT2D eigenvalue weighted by Crippen LogP contribution is 2.44. The van der Waals surface area contributed by atoms with Crippen molar-refractivity contribution in [1.82, 2.24) is 4.90 Å². The van der Waals surface area contributed by atoms with Crippen LogP contribution in [0.15, 0.2) is 0 Å². The van der Waals surface area contributed by atoms with Crippen molar-refractivity contribution >= 4 is 17.6 Å². The minimum atomic E-state index is -0.0978. The van der Waals surface area contributed by atoms with E-state index < -0.39 is 0 Å². The summed E-state index contributed by atoms with van der Waals surface area (Å²) in [5.41, 5.74) is 0. The average Bonchev–Trinajstić information content (AvgIpc) is 2.79. The number of Topliss-reactive ketones (excluding diaryl/α,β-unsaturated/α-hetero) is 1. The zero-order valence-electron chi connectivity index (χ0n) is 10.4. The van der Waals surface area contributed by atoms with Crippen LogP contribution in [-0.2, 0) is 14.4 Å². The van der Waals surface area contributed by atoms with E-state index in [0.29, 0.717) is 5.92 Å². The van der Waals surface area contributed by atoms with E-state index in [1.165, 1.54) is 11.8 Å². The van der Waals surface area contributed by atoms with Crippen LogP contribution in [0.4, 0.5) is 0 Å². The summed E-state index contributed by atoms with van der Waals surface area (Å²) in [5, 5.41) is 0. The fourth-order valence-corrected chi connectivity index (χ4v) is 3.02. The molecular weight excluding hydrogens is 218 g/mol. The lowest BCUT2D eigenvalue weighted by Gasteiger charge is -2.16. The lowest BCUT2D eigenvalue weighted by Crippen LogP contribution is -2.34. The maximum absolute atomic E-state index is 12.1. The molecule has 2 unspecified atom stereocenters. The summed E-state index contributed by atoms with van der Waals surface area (Å²) >= 11 is 0. The molecule has 0 aromatic rings. The van der Waals surface area contributed by atoms with Crippen molar-refractivity contribution in [2.45, 2.75) is 39.5 Å². The molecule has 1 aliphatic carbocycles. The summed E-state index contributed by atoms with van der Waals surface area (Å²) < 4.78 is 0. The fraction of sp³-hybridized carbons (Fsp3) is 0.769. The molecule has 0 aromatic carbocycles. The minimum absolute atomic E-state index is 0.0223. The van der Waals surface area contributed by atoms with Gasteiger partial charge in [-0.3, -0.25) is 19.3 Å². The SMILES string of the molecule is CCC1CC2C(=O)N(CCC(C)=O)C(=O)C2C1. The second-order valence-corrected chi connectivity index (χ2v) is 5.24. The Morgan fingerprint density at radius 3 is 2.18 bits per heavy atom. The molecule has 17 heavy (non-hydrogen) atoms. The summed E-state index contributed by atoms with van der Waals surface area (Å²) in [4.78, 5) is 36.3. The highest BCUT2D eigenvalue weighted by Gasteiger charge is 2.51. The average molecular weight is 237 g/mol. The van der Waals surface area contributed by atoms with Gasteiger partial charge in [-0.15, -0.1) is 0 Å². The Morgan fingerprint density at radius 1 is 1.24 bits per heavy atom. The Hall–Kier alpha value is -1.19. The second kappa shape index (κ2) is 4.59. The molecule has 0 aromatic heterocycles. The van der Waals surface area contributed by atoms with Crippen LogP contribution in [-0.4, -0.2) is 29.0 Å². The number of fused-ring (bicyclic) bond motifs is 1. The Bertz CT molecular complexity index is 340. The number of amides is 2. The van der Waals surface area contributed by atoms with Gasteiger partial charge in [-0.1, -0.05) is 13.3 Å². The first-order valence-corrected chi connectivity index (χ1v) is 6.39. The van der Waals surface area contributed by atoms with Gasteiger partial charge in [0.05, 0.1) is 11.8 Å². The van der Waals surface area contributed by atoms with Gasteiger partial charge < -0.3 is 0 Å². The quantitative estimate of drug-likeness (QED) is 0.694. The topological polar surface area (TPSA) is 54.5 Å². The molecule has 0 N–H and O–H groups in total. The number of ketones is 1. The predicted octanol–water partition coefficient (Wildman–Crippen LogP) is 1.39. The predicted molar refractivity (Wildman–Crippen MR) is 62.0 cm³/mol. The number of hydrogen-bond acceptors (Lipinski definition) is 3. The van der Waals surface area contributed by atoms with E-state index in [1.54, 1.807) is 0 Å². The number of hydrogen-bond donors (Lipinski definition) is 0. The first kappa shape index (κ1) is 12.3. The lowest BCUT2D eigenvalue weighted by molar-refractivity contribution is -0.140. The maximum atomic E-state index is 12.1. The summed E-state index contributed by atoms with van der Waals surface area (Å²) in [5.74, 6) is 0.259. The molecule has 0 bridgehead atoms. The van der Waals surface area contributed by atoms with Crippen molar-refractivity contribution in [3.05, 3.63) is 0 Å². The number of imide groups is 1. The van der Waals surface area contributed by atoms with Crippen LogP contribution in [0, 0.1) is 17.8 Å². The zero-order valence-corrected chi connectivity index (χ0v) is 10.4. The molecular formula is C13H19NO3. The molecule has 2 atom stereocenters. The van der Waals surface area contributed by atoms with E-state index in [-0.39, 0.29) is 42.4 Å². The van der Waals surface area contributed by atoms with Crippen LogP contribution in [0.2, 0.25) is 0 Å². The number of carbonyl (C=O) groups excluding carboxylic acids is 3. The molecule has 2 aliphatic rings. The second-order valence-electron chi connectivity index (χ2n) is 5.24. The highest BCUT2D eigenvalue weighted by molar-refractivity contribution is 6.05. The Kier molecular flexibility index (Phi) is 3.31. The van der Waals surface area contributed by atoms with Crippen LogP contribution >= 0.6 is 0 Å². The van der Waals surface area contributed by atoms with Crippen molar-refractivity contribution < 1.29 is 14.4 Å². The van der Waals surface area contributed by atoms with Crippen molar-refractivity contribution in [3.8, 4) is 0 Å². The largest absolute Gasteiger partial charge is 0.300 e. The van der Waals surface area contributed by atoms with Gasteiger partial charge in [-0.25, -0.2) is 0 Å². The first-order chi connectivity index (χ1) is 8.04. The molecule has 4 nitrogen and oxygen atoms in total. The number of likely N-dealkylation sites (tertiary alicyclic amines) is 1. The Morgan fingerprint density at radius 2 is 1.76 bits per heavy atom. The molecule has 1 aliphatic heterocycles. The van der Waals surface area contributed by atoms with Crippen molar-refractivity contribution in [3.63, 3.8) is 0 Å².